The Morgan fingerprint density at radius 3 is 2.15 bits per heavy atom. The highest BCUT2D eigenvalue weighted by Gasteiger charge is 2.17. The van der Waals surface area contributed by atoms with E-state index < -0.39 is 15.0 Å². The summed E-state index contributed by atoms with van der Waals surface area (Å²) in [6, 6.07) is 8.14. The highest BCUT2D eigenvalue weighted by molar-refractivity contribution is 7.86. The molecule has 0 saturated carbocycles. The quantitative estimate of drug-likeness (QED) is 0.476. The summed E-state index contributed by atoms with van der Waals surface area (Å²) >= 11 is 11.9. The number of anilines is 1. The summed E-state index contributed by atoms with van der Waals surface area (Å²) in [5, 5.41) is 8.06. The molecule has 0 radical (unpaired) electrons. The minimum absolute atomic E-state index is 0.0168. The summed E-state index contributed by atoms with van der Waals surface area (Å²) in [7, 11) is -4.46. The van der Waals surface area contributed by atoms with E-state index in [2.05, 4.69) is 29.0 Å². The van der Waals surface area contributed by atoms with Crippen molar-refractivity contribution in [1.82, 2.24) is 0 Å². The van der Waals surface area contributed by atoms with E-state index in [9.17, 15) is 8.42 Å². The first kappa shape index (κ1) is 20.6. The normalized spacial score (nSPS) is 11.9. The van der Waals surface area contributed by atoms with E-state index in [1.807, 2.05) is 25.1 Å². The second-order valence-electron chi connectivity index (χ2n) is 5.55. The number of halogens is 2. The molecule has 2 aromatic rings. The second-order valence-corrected chi connectivity index (χ2v) is 7.76. The predicted octanol–water partition coefficient (Wildman–Crippen LogP) is 5.81. The van der Waals surface area contributed by atoms with Gasteiger partial charge in [-0.2, -0.15) is 13.5 Å². The van der Waals surface area contributed by atoms with Crippen LogP contribution >= 0.6 is 23.2 Å². The van der Waals surface area contributed by atoms with Crippen LogP contribution in [0.4, 0.5) is 17.1 Å². The lowest BCUT2D eigenvalue weighted by Gasteiger charge is -2.21. The highest BCUT2D eigenvalue weighted by atomic mass is 35.5. The first-order valence-corrected chi connectivity index (χ1v) is 10.1. The smallest absolute Gasteiger partial charge is 0.296 e. The molecular formula is C17H19Cl2N3O3S. The highest BCUT2D eigenvalue weighted by Crippen LogP contribution is 2.35. The van der Waals surface area contributed by atoms with Crippen molar-refractivity contribution in [1.29, 1.82) is 0 Å². The maximum absolute atomic E-state index is 11.2. The van der Waals surface area contributed by atoms with Gasteiger partial charge in [0.2, 0.25) is 0 Å². The maximum Gasteiger partial charge on any atom is 0.296 e. The third-order valence-corrected chi connectivity index (χ3v) is 5.47. The summed E-state index contributed by atoms with van der Waals surface area (Å²) in [5.74, 6) is 0. The topological polar surface area (TPSA) is 82.3 Å². The lowest BCUT2D eigenvalue weighted by atomic mass is 10.1. The Hall–Kier alpha value is -1.67. The molecule has 2 rings (SSSR count). The molecule has 0 heterocycles. The van der Waals surface area contributed by atoms with Crippen LogP contribution in [-0.4, -0.2) is 26.1 Å². The largest absolute Gasteiger partial charge is 0.372 e. The van der Waals surface area contributed by atoms with Crippen molar-refractivity contribution in [2.24, 2.45) is 10.2 Å². The first-order chi connectivity index (χ1) is 12.2. The fraction of sp³-hybridized carbons (Fsp3) is 0.294. The van der Waals surface area contributed by atoms with Crippen molar-refractivity contribution in [2.75, 3.05) is 18.0 Å². The third-order valence-electron chi connectivity index (χ3n) is 3.85. The fourth-order valence-electron chi connectivity index (χ4n) is 2.44. The number of hydrogen-bond donors (Lipinski definition) is 1. The maximum atomic E-state index is 11.2. The van der Waals surface area contributed by atoms with Gasteiger partial charge in [0, 0.05) is 18.8 Å². The van der Waals surface area contributed by atoms with Gasteiger partial charge in [0.1, 0.15) is 10.6 Å². The van der Waals surface area contributed by atoms with Gasteiger partial charge in [-0.1, -0.05) is 23.2 Å². The van der Waals surface area contributed by atoms with Crippen LogP contribution in [-0.2, 0) is 10.1 Å². The number of aryl methyl sites for hydroxylation is 1. The second kappa shape index (κ2) is 8.35. The minimum atomic E-state index is -4.46. The van der Waals surface area contributed by atoms with Crippen molar-refractivity contribution in [2.45, 2.75) is 25.7 Å². The summed E-state index contributed by atoms with van der Waals surface area (Å²) in [6.07, 6.45) is 0. The minimum Gasteiger partial charge on any atom is -0.372 e. The molecule has 0 aliphatic heterocycles. The Labute approximate surface area is 163 Å². The monoisotopic (exact) mass is 415 g/mol. The van der Waals surface area contributed by atoms with Gasteiger partial charge in [-0.3, -0.25) is 4.55 Å². The van der Waals surface area contributed by atoms with E-state index in [4.69, 9.17) is 27.8 Å². The van der Waals surface area contributed by atoms with Crippen LogP contribution in [0.2, 0.25) is 10.0 Å². The van der Waals surface area contributed by atoms with Gasteiger partial charge in [0.05, 0.1) is 15.7 Å². The summed E-state index contributed by atoms with van der Waals surface area (Å²) in [4.78, 5) is 1.75. The molecule has 1 N–H and O–H groups in total. The Kier molecular flexibility index (Phi) is 6.63. The first-order valence-electron chi connectivity index (χ1n) is 7.91. The molecule has 0 amide bonds. The Bertz CT molecular complexity index is 943. The lowest BCUT2D eigenvalue weighted by molar-refractivity contribution is 0.483. The van der Waals surface area contributed by atoms with Crippen molar-refractivity contribution >= 4 is 50.4 Å². The number of nitrogens with zero attached hydrogens (tertiary/aromatic N) is 3. The molecule has 6 nitrogen and oxygen atoms in total. The number of azo groups is 1. The van der Waals surface area contributed by atoms with Crippen molar-refractivity contribution in [3.05, 3.63) is 45.9 Å². The zero-order chi connectivity index (χ0) is 19.5. The summed E-state index contributed by atoms with van der Waals surface area (Å²) in [5.41, 5.74) is 2.91. The van der Waals surface area contributed by atoms with Crippen LogP contribution < -0.4 is 4.90 Å². The van der Waals surface area contributed by atoms with Crippen LogP contribution in [0.5, 0.6) is 0 Å². The molecule has 0 spiro atoms. The standard InChI is InChI=1S/C17H19Cl2N3O3S/c1-4-22(5-2)12-6-7-15(11(3)8-12)20-21-16-9-14(19)17(10-13(16)18)26(23,24)25/h6-10H,4-5H2,1-3H3,(H,23,24,25). The predicted molar refractivity (Wildman–Crippen MR) is 105 cm³/mol. The molecule has 0 bridgehead atoms. The molecular weight excluding hydrogens is 397 g/mol. The molecule has 0 saturated heterocycles. The molecule has 9 heteroatoms. The Morgan fingerprint density at radius 1 is 1.00 bits per heavy atom. The van der Waals surface area contributed by atoms with Crippen molar-refractivity contribution < 1.29 is 13.0 Å². The number of benzene rings is 2. The van der Waals surface area contributed by atoms with Gasteiger partial charge in [-0.15, -0.1) is 5.11 Å². The summed E-state index contributed by atoms with van der Waals surface area (Å²) in [6.45, 7) is 7.93. The van der Waals surface area contributed by atoms with E-state index in [0.29, 0.717) is 5.69 Å². The van der Waals surface area contributed by atoms with Gasteiger partial charge >= 0.3 is 0 Å². The molecule has 0 atom stereocenters. The van der Waals surface area contributed by atoms with Gasteiger partial charge in [-0.25, -0.2) is 0 Å². The van der Waals surface area contributed by atoms with Gasteiger partial charge in [0.15, 0.2) is 0 Å². The lowest BCUT2D eigenvalue weighted by Crippen LogP contribution is -2.21. The van der Waals surface area contributed by atoms with Crippen molar-refractivity contribution in [3.8, 4) is 0 Å². The molecule has 0 fully saturated rings. The van der Waals surface area contributed by atoms with E-state index in [1.165, 1.54) is 6.07 Å². The third kappa shape index (κ3) is 4.73. The molecule has 140 valence electrons. The van der Waals surface area contributed by atoms with E-state index >= 15 is 0 Å². The SMILES string of the molecule is CCN(CC)c1ccc(N=Nc2cc(Cl)c(S(=O)(=O)O)cc2Cl)c(C)c1. The Morgan fingerprint density at radius 2 is 1.62 bits per heavy atom. The molecule has 26 heavy (non-hydrogen) atoms. The van der Waals surface area contributed by atoms with Crippen LogP contribution in [0.25, 0.3) is 0 Å². The fourth-order valence-corrected chi connectivity index (χ4v) is 3.73. The van der Waals surface area contributed by atoms with E-state index in [0.717, 1.165) is 30.4 Å². The van der Waals surface area contributed by atoms with Crippen molar-refractivity contribution in [3.63, 3.8) is 0 Å². The Balaban J connectivity index is 2.34. The van der Waals surface area contributed by atoms with Gasteiger partial charge in [-0.05, 0) is 56.7 Å². The summed E-state index contributed by atoms with van der Waals surface area (Å²) < 4.78 is 31.6. The molecule has 0 aliphatic rings. The van der Waals surface area contributed by atoms with Gasteiger partial charge < -0.3 is 4.90 Å². The molecule has 2 aromatic carbocycles. The number of hydrogen-bond acceptors (Lipinski definition) is 5. The molecule has 0 aromatic heterocycles. The van der Waals surface area contributed by atoms with Crippen LogP contribution in [0.15, 0.2) is 45.5 Å². The van der Waals surface area contributed by atoms with E-state index in [1.54, 1.807) is 0 Å². The molecule has 0 aliphatic carbocycles. The molecule has 0 unspecified atom stereocenters. The number of rotatable bonds is 6. The average Bonchev–Trinajstić information content (AvgIpc) is 2.56. The average molecular weight is 416 g/mol. The zero-order valence-electron chi connectivity index (χ0n) is 14.6. The van der Waals surface area contributed by atoms with Crippen LogP contribution in [0, 0.1) is 6.92 Å². The van der Waals surface area contributed by atoms with Gasteiger partial charge in [0.25, 0.3) is 10.1 Å². The van der Waals surface area contributed by atoms with Crippen LogP contribution in [0.3, 0.4) is 0 Å². The zero-order valence-corrected chi connectivity index (χ0v) is 16.9. The van der Waals surface area contributed by atoms with E-state index in [-0.39, 0.29) is 15.7 Å². The van der Waals surface area contributed by atoms with Crippen LogP contribution in [0.1, 0.15) is 19.4 Å².